The van der Waals surface area contributed by atoms with Crippen molar-refractivity contribution in [3.63, 3.8) is 0 Å². The third-order valence-corrected chi connectivity index (χ3v) is 3.80. The lowest BCUT2D eigenvalue weighted by Crippen LogP contribution is -2.29. The maximum Gasteiger partial charge on any atom is 0.0794 e. The molecule has 1 aliphatic carbocycles. The molecule has 0 amide bonds. The molecule has 1 heterocycles. The summed E-state index contributed by atoms with van der Waals surface area (Å²) >= 11 is 1.73. The first-order chi connectivity index (χ1) is 6.84. The van der Waals surface area contributed by atoms with E-state index >= 15 is 0 Å². The Balaban J connectivity index is 1.64. The molecular formula is C11H18N2S. The molecule has 1 aromatic rings. The molecular weight excluding hydrogens is 192 g/mol. The molecule has 1 N–H and O–H groups in total. The van der Waals surface area contributed by atoms with Gasteiger partial charge in [-0.2, -0.15) is 0 Å². The van der Waals surface area contributed by atoms with Gasteiger partial charge in [-0.15, -0.1) is 11.3 Å². The topological polar surface area (TPSA) is 24.9 Å². The number of rotatable bonds is 5. The number of hydrogen-bond acceptors (Lipinski definition) is 3. The van der Waals surface area contributed by atoms with Crippen molar-refractivity contribution >= 4 is 11.3 Å². The van der Waals surface area contributed by atoms with Crippen molar-refractivity contribution in [1.82, 2.24) is 10.3 Å². The van der Waals surface area contributed by atoms with Gasteiger partial charge in [0.1, 0.15) is 0 Å². The van der Waals surface area contributed by atoms with Crippen LogP contribution in [0.2, 0.25) is 0 Å². The smallest absolute Gasteiger partial charge is 0.0794 e. The van der Waals surface area contributed by atoms with E-state index in [4.69, 9.17) is 0 Å². The molecule has 1 fully saturated rings. The average Bonchev–Trinajstić information content (AvgIpc) is 2.60. The highest BCUT2D eigenvalue weighted by Crippen LogP contribution is 2.30. The van der Waals surface area contributed by atoms with Gasteiger partial charge in [0.05, 0.1) is 5.51 Å². The zero-order chi connectivity index (χ0) is 9.80. The molecule has 0 bridgehead atoms. The number of hydrogen-bond donors (Lipinski definition) is 1. The Morgan fingerprint density at radius 1 is 1.64 bits per heavy atom. The highest BCUT2D eigenvalue weighted by atomic mass is 32.1. The van der Waals surface area contributed by atoms with E-state index < -0.39 is 0 Å². The summed E-state index contributed by atoms with van der Waals surface area (Å²) in [6.07, 6.45) is 7.65. The Kier molecular flexibility index (Phi) is 3.54. The molecule has 1 unspecified atom stereocenters. The predicted molar refractivity (Wildman–Crippen MR) is 60.4 cm³/mol. The summed E-state index contributed by atoms with van der Waals surface area (Å²) in [5.74, 6) is 0.999. The molecule has 0 spiro atoms. The van der Waals surface area contributed by atoms with Gasteiger partial charge in [-0.3, -0.25) is 4.98 Å². The van der Waals surface area contributed by atoms with Crippen molar-refractivity contribution in [2.75, 3.05) is 0 Å². The minimum atomic E-state index is 0.655. The summed E-state index contributed by atoms with van der Waals surface area (Å²) in [4.78, 5) is 5.41. The molecule has 1 saturated carbocycles. The van der Waals surface area contributed by atoms with E-state index in [2.05, 4.69) is 17.2 Å². The fourth-order valence-corrected chi connectivity index (χ4v) is 2.46. The van der Waals surface area contributed by atoms with E-state index in [1.54, 1.807) is 11.3 Å². The Labute approximate surface area is 89.8 Å². The Morgan fingerprint density at radius 2 is 2.50 bits per heavy atom. The Morgan fingerprint density at radius 3 is 3.07 bits per heavy atom. The minimum absolute atomic E-state index is 0.655. The minimum Gasteiger partial charge on any atom is -0.309 e. The zero-order valence-corrected chi connectivity index (χ0v) is 9.52. The van der Waals surface area contributed by atoms with Gasteiger partial charge in [0, 0.05) is 23.7 Å². The molecule has 14 heavy (non-hydrogen) atoms. The fourth-order valence-electron chi connectivity index (χ4n) is 1.92. The molecule has 2 nitrogen and oxygen atoms in total. The highest BCUT2D eigenvalue weighted by Gasteiger charge is 2.19. The lowest BCUT2D eigenvalue weighted by molar-refractivity contribution is 0.266. The number of nitrogens with zero attached hydrogens (tertiary/aromatic N) is 1. The molecule has 0 aromatic carbocycles. The quantitative estimate of drug-likeness (QED) is 0.808. The van der Waals surface area contributed by atoms with Crippen molar-refractivity contribution in [1.29, 1.82) is 0 Å². The monoisotopic (exact) mass is 210 g/mol. The Hall–Kier alpha value is -0.410. The van der Waals surface area contributed by atoms with Crippen molar-refractivity contribution in [2.45, 2.75) is 45.2 Å². The largest absolute Gasteiger partial charge is 0.309 e. The van der Waals surface area contributed by atoms with Crippen LogP contribution in [0, 0.1) is 5.92 Å². The van der Waals surface area contributed by atoms with Gasteiger partial charge < -0.3 is 5.32 Å². The second-order valence-corrected chi connectivity index (χ2v) is 5.25. The summed E-state index contributed by atoms with van der Waals surface area (Å²) in [7, 11) is 0. The van der Waals surface area contributed by atoms with Gasteiger partial charge in [-0.05, 0) is 19.3 Å². The van der Waals surface area contributed by atoms with Crippen LogP contribution in [0.25, 0.3) is 0 Å². The van der Waals surface area contributed by atoms with Crippen molar-refractivity contribution in [2.24, 2.45) is 5.92 Å². The van der Waals surface area contributed by atoms with Crippen LogP contribution in [0.1, 0.15) is 37.5 Å². The summed E-state index contributed by atoms with van der Waals surface area (Å²) in [5.41, 5.74) is 1.90. The molecule has 1 atom stereocenters. The van der Waals surface area contributed by atoms with Crippen molar-refractivity contribution in [3.8, 4) is 0 Å². The second kappa shape index (κ2) is 4.89. The van der Waals surface area contributed by atoms with E-state index in [0.717, 1.165) is 12.5 Å². The van der Waals surface area contributed by atoms with Crippen LogP contribution >= 0.6 is 11.3 Å². The van der Waals surface area contributed by atoms with Crippen LogP contribution in [0.15, 0.2) is 11.7 Å². The van der Waals surface area contributed by atoms with Crippen LogP contribution < -0.4 is 5.32 Å². The predicted octanol–water partition coefficient (Wildman–Crippen LogP) is 2.81. The second-order valence-electron chi connectivity index (χ2n) is 4.28. The van der Waals surface area contributed by atoms with E-state index in [9.17, 15) is 0 Å². The van der Waals surface area contributed by atoms with Gasteiger partial charge in [0.2, 0.25) is 0 Å². The maximum absolute atomic E-state index is 4.07. The van der Waals surface area contributed by atoms with Crippen molar-refractivity contribution in [3.05, 3.63) is 16.6 Å². The number of nitrogens with one attached hydrogen (secondary N) is 1. The van der Waals surface area contributed by atoms with Gasteiger partial charge in [-0.25, -0.2) is 0 Å². The van der Waals surface area contributed by atoms with E-state index in [1.807, 2.05) is 11.7 Å². The van der Waals surface area contributed by atoms with Gasteiger partial charge in [0.25, 0.3) is 0 Å². The Bertz CT molecular complexity index is 254. The lowest BCUT2D eigenvalue weighted by atomic mass is 9.81. The molecule has 1 aromatic heterocycles. The SMILES string of the molecule is CC(CC1CCC1)NCc1cncs1. The first-order valence-electron chi connectivity index (χ1n) is 5.45. The zero-order valence-electron chi connectivity index (χ0n) is 8.70. The molecule has 0 aliphatic heterocycles. The van der Waals surface area contributed by atoms with Crippen LogP contribution in [-0.2, 0) is 6.54 Å². The standard InChI is InChI=1S/C11H18N2S/c1-9(5-10-3-2-4-10)13-7-11-6-12-8-14-11/h6,8-10,13H,2-5,7H2,1H3. The third kappa shape index (κ3) is 2.79. The van der Waals surface area contributed by atoms with E-state index in [1.165, 1.54) is 30.6 Å². The maximum atomic E-state index is 4.07. The van der Waals surface area contributed by atoms with E-state index in [0.29, 0.717) is 6.04 Å². The fraction of sp³-hybridized carbons (Fsp3) is 0.727. The molecule has 3 heteroatoms. The van der Waals surface area contributed by atoms with Crippen LogP contribution in [-0.4, -0.2) is 11.0 Å². The summed E-state index contributed by atoms with van der Waals surface area (Å²) in [6, 6.07) is 0.655. The number of aromatic nitrogens is 1. The molecule has 2 rings (SSSR count). The van der Waals surface area contributed by atoms with Gasteiger partial charge in [-0.1, -0.05) is 19.3 Å². The van der Waals surface area contributed by atoms with E-state index in [-0.39, 0.29) is 0 Å². The molecule has 78 valence electrons. The van der Waals surface area contributed by atoms with Gasteiger partial charge >= 0.3 is 0 Å². The normalized spacial score (nSPS) is 19.2. The average molecular weight is 210 g/mol. The summed E-state index contributed by atoms with van der Waals surface area (Å²) in [5, 5.41) is 3.55. The molecule has 1 aliphatic rings. The highest BCUT2D eigenvalue weighted by molar-refractivity contribution is 7.09. The van der Waals surface area contributed by atoms with Crippen molar-refractivity contribution < 1.29 is 0 Å². The van der Waals surface area contributed by atoms with Crippen LogP contribution in [0.5, 0.6) is 0 Å². The van der Waals surface area contributed by atoms with Gasteiger partial charge in [0.15, 0.2) is 0 Å². The molecule has 0 radical (unpaired) electrons. The third-order valence-electron chi connectivity index (χ3n) is 3.02. The summed E-state index contributed by atoms with van der Waals surface area (Å²) in [6.45, 7) is 3.28. The lowest BCUT2D eigenvalue weighted by Gasteiger charge is -2.28. The van der Waals surface area contributed by atoms with Crippen LogP contribution in [0.4, 0.5) is 0 Å². The number of thiazole rings is 1. The summed E-state index contributed by atoms with van der Waals surface area (Å²) < 4.78 is 0. The van der Waals surface area contributed by atoms with Crippen LogP contribution in [0.3, 0.4) is 0 Å². The first kappa shape index (κ1) is 10.1. The molecule has 0 saturated heterocycles. The first-order valence-corrected chi connectivity index (χ1v) is 6.33.